The monoisotopic (exact) mass is 720 g/mol. The van der Waals surface area contributed by atoms with Crippen LogP contribution in [0.1, 0.15) is 142 Å². The SMILES string of the molecule is CC/C=C\C/C=C\C/C=C\C/C=C\C/C=C\C=C/C(O)CCC(=O)O[C@H](CO/C=C/CCCCCCCCCCCCCC)COP(=O)(O)O. The highest BCUT2D eigenvalue weighted by Crippen LogP contribution is 2.35. The van der Waals surface area contributed by atoms with Gasteiger partial charge in [-0.3, -0.25) is 9.32 Å². The van der Waals surface area contributed by atoms with Gasteiger partial charge in [0.25, 0.3) is 0 Å². The number of carbonyl (C=O) groups is 1. The lowest BCUT2D eigenvalue weighted by atomic mass is 10.0. The fourth-order valence-corrected chi connectivity index (χ4v) is 5.17. The maximum Gasteiger partial charge on any atom is 0.469 e. The lowest BCUT2D eigenvalue weighted by Gasteiger charge is -2.18. The van der Waals surface area contributed by atoms with E-state index in [9.17, 15) is 14.5 Å². The van der Waals surface area contributed by atoms with Gasteiger partial charge in [0, 0.05) is 6.42 Å². The molecule has 0 saturated carbocycles. The van der Waals surface area contributed by atoms with Crippen LogP contribution in [0.25, 0.3) is 0 Å². The highest BCUT2D eigenvalue weighted by molar-refractivity contribution is 7.46. The minimum absolute atomic E-state index is 0.0710. The Hall–Kier alpha value is -2.48. The number of unbranched alkanes of at least 4 members (excludes halogenated alkanes) is 12. The van der Waals surface area contributed by atoms with Crippen LogP contribution in [-0.2, 0) is 23.4 Å². The quantitative estimate of drug-likeness (QED) is 0.0150. The zero-order valence-corrected chi connectivity index (χ0v) is 32.0. The summed E-state index contributed by atoms with van der Waals surface area (Å²) in [6, 6.07) is 0. The molecular weight excluding hydrogens is 651 g/mol. The first-order valence-electron chi connectivity index (χ1n) is 19.1. The molecule has 1 unspecified atom stereocenters. The van der Waals surface area contributed by atoms with Crippen molar-refractivity contribution in [1.29, 1.82) is 0 Å². The van der Waals surface area contributed by atoms with Gasteiger partial charge in [0.1, 0.15) is 6.61 Å². The Balaban J connectivity index is 4.18. The van der Waals surface area contributed by atoms with E-state index in [1.54, 1.807) is 12.2 Å². The summed E-state index contributed by atoms with van der Waals surface area (Å²) in [5, 5.41) is 10.2. The van der Waals surface area contributed by atoms with Crippen molar-refractivity contribution in [3.63, 3.8) is 0 Å². The van der Waals surface area contributed by atoms with Crippen LogP contribution >= 0.6 is 7.82 Å². The molecule has 286 valence electrons. The second kappa shape index (κ2) is 36.3. The molecule has 8 nitrogen and oxygen atoms in total. The zero-order valence-electron chi connectivity index (χ0n) is 31.1. The molecule has 0 bridgehead atoms. The van der Waals surface area contributed by atoms with Crippen molar-refractivity contribution in [3.8, 4) is 0 Å². The second-order valence-corrected chi connectivity index (χ2v) is 13.7. The third-order valence-electron chi connectivity index (χ3n) is 7.64. The third-order valence-corrected chi connectivity index (χ3v) is 8.13. The molecule has 50 heavy (non-hydrogen) atoms. The summed E-state index contributed by atoms with van der Waals surface area (Å²) in [4.78, 5) is 30.5. The van der Waals surface area contributed by atoms with E-state index in [0.717, 1.165) is 44.9 Å². The molecule has 9 heteroatoms. The fraction of sp³-hybridized carbons (Fsp3) is 0.634. The largest absolute Gasteiger partial charge is 0.498 e. The average Bonchev–Trinajstić information content (AvgIpc) is 3.08. The number of hydrogen-bond donors (Lipinski definition) is 3. The Labute approximate surface area is 304 Å². The van der Waals surface area contributed by atoms with Gasteiger partial charge in [-0.1, -0.05) is 157 Å². The van der Waals surface area contributed by atoms with Gasteiger partial charge < -0.3 is 24.4 Å². The number of allylic oxidation sites excluding steroid dienone is 12. The zero-order chi connectivity index (χ0) is 36.8. The fourth-order valence-electron chi connectivity index (χ4n) is 4.81. The number of phosphoric acid groups is 1. The van der Waals surface area contributed by atoms with E-state index in [2.05, 4.69) is 67.0 Å². The smallest absolute Gasteiger partial charge is 0.469 e. The summed E-state index contributed by atoms with van der Waals surface area (Å²) in [5.41, 5.74) is 0. The van der Waals surface area contributed by atoms with Crippen molar-refractivity contribution in [2.45, 2.75) is 154 Å². The minimum Gasteiger partial charge on any atom is -0.498 e. The predicted molar refractivity (Wildman–Crippen MR) is 208 cm³/mol. The van der Waals surface area contributed by atoms with Crippen LogP contribution in [0.15, 0.2) is 85.3 Å². The average molecular weight is 721 g/mol. The van der Waals surface area contributed by atoms with Gasteiger partial charge in [-0.15, -0.1) is 0 Å². The lowest BCUT2D eigenvalue weighted by Crippen LogP contribution is -2.28. The molecule has 0 aromatic rings. The summed E-state index contributed by atoms with van der Waals surface area (Å²) < 4.78 is 26.5. The topological polar surface area (TPSA) is 123 Å². The Morgan fingerprint density at radius 1 is 0.660 bits per heavy atom. The van der Waals surface area contributed by atoms with Crippen molar-refractivity contribution in [2.75, 3.05) is 13.2 Å². The van der Waals surface area contributed by atoms with Gasteiger partial charge in [0.05, 0.1) is 19.0 Å². The van der Waals surface area contributed by atoms with Crippen LogP contribution in [0.3, 0.4) is 0 Å². The van der Waals surface area contributed by atoms with Crippen LogP contribution in [0, 0.1) is 0 Å². The number of esters is 1. The Bertz CT molecular complexity index is 1040. The summed E-state index contributed by atoms with van der Waals surface area (Å²) in [6.07, 6.45) is 47.0. The number of ether oxygens (including phenoxy) is 2. The first kappa shape index (κ1) is 47.5. The molecule has 0 heterocycles. The van der Waals surface area contributed by atoms with E-state index >= 15 is 0 Å². The molecule has 0 rings (SSSR count). The first-order valence-corrected chi connectivity index (χ1v) is 20.6. The normalized spacial score (nSPS) is 14.2. The van der Waals surface area contributed by atoms with Gasteiger partial charge in [-0.25, -0.2) is 4.57 Å². The number of aliphatic hydroxyl groups is 1. The predicted octanol–water partition coefficient (Wildman–Crippen LogP) is 11.1. The Kier molecular flexibility index (Phi) is 34.5. The summed E-state index contributed by atoms with van der Waals surface area (Å²) >= 11 is 0. The maximum atomic E-state index is 12.4. The molecule has 0 aromatic heterocycles. The van der Waals surface area contributed by atoms with Crippen LogP contribution in [-0.4, -0.2) is 46.3 Å². The Morgan fingerprint density at radius 2 is 1.18 bits per heavy atom. The van der Waals surface area contributed by atoms with E-state index < -0.39 is 32.6 Å². The van der Waals surface area contributed by atoms with Gasteiger partial charge in [0.2, 0.25) is 0 Å². The minimum atomic E-state index is -4.74. The molecule has 3 N–H and O–H groups in total. The number of phosphoric ester groups is 1. The number of carbonyl (C=O) groups excluding carboxylic acids is 1. The van der Waals surface area contributed by atoms with Crippen molar-refractivity contribution >= 4 is 13.8 Å². The molecule has 0 aliphatic heterocycles. The number of aliphatic hydroxyl groups excluding tert-OH is 1. The van der Waals surface area contributed by atoms with E-state index in [-0.39, 0.29) is 19.4 Å². The van der Waals surface area contributed by atoms with Gasteiger partial charge in [0.15, 0.2) is 6.10 Å². The number of hydrogen-bond acceptors (Lipinski definition) is 6. The van der Waals surface area contributed by atoms with Gasteiger partial charge in [-0.05, 0) is 57.4 Å². The van der Waals surface area contributed by atoms with Crippen LogP contribution in [0.4, 0.5) is 0 Å². The summed E-state index contributed by atoms with van der Waals surface area (Å²) in [5.74, 6) is -0.615. The molecular formula is C41H69O8P. The van der Waals surface area contributed by atoms with Gasteiger partial charge in [-0.2, -0.15) is 0 Å². The molecule has 2 atom stereocenters. The number of rotatable bonds is 34. The van der Waals surface area contributed by atoms with Crippen molar-refractivity contribution < 1.29 is 38.3 Å². The second-order valence-electron chi connectivity index (χ2n) is 12.4. The maximum absolute atomic E-state index is 12.4. The lowest BCUT2D eigenvalue weighted by molar-refractivity contribution is -0.153. The molecule has 0 spiro atoms. The highest BCUT2D eigenvalue weighted by Gasteiger charge is 2.22. The Morgan fingerprint density at radius 3 is 1.72 bits per heavy atom. The molecule has 0 aliphatic rings. The van der Waals surface area contributed by atoms with Crippen molar-refractivity contribution in [3.05, 3.63) is 85.3 Å². The molecule has 0 fully saturated rings. The van der Waals surface area contributed by atoms with E-state index in [1.165, 1.54) is 76.9 Å². The van der Waals surface area contributed by atoms with E-state index in [1.807, 2.05) is 18.2 Å². The standard InChI is InChI=1S/C41H69O8P/c1-3-5-7-9-11-13-15-17-19-20-21-23-25-27-29-31-33-39(42)34-35-41(43)49-40(38-48-50(44,45)46)37-47-36-32-30-28-26-24-22-18-16-14-12-10-8-6-4-2/h5,7,11,13,17,19,21,23,27,29,31-33,36,39-40,42H,3-4,6,8-10,12,14-16,18,20,22,24-26,28,30,34-35,37-38H2,1-2H3,(H2,44,45,46)/b7-5-,13-11-,19-17-,23-21-,29-27-,33-31-,36-32+/t39?,40-/m1/s1. The van der Waals surface area contributed by atoms with Crippen LogP contribution < -0.4 is 0 Å². The summed E-state index contributed by atoms with van der Waals surface area (Å²) in [6.45, 7) is 3.77. The molecule has 0 radical (unpaired) electrons. The molecule has 0 amide bonds. The third kappa shape index (κ3) is 38.3. The highest BCUT2D eigenvalue weighted by atomic mass is 31.2. The van der Waals surface area contributed by atoms with Crippen molar-refractivity contribution in [2.24, 2.45) is 0 Å². The first-order chi connectivity index (χ1) is 24.3. The van der Waals surface area contributed by atoms with Crippen LogP contribution in [0.2, 0.25) is 0 Å². The molecule has 0 saturated heterocycles. The van der Waals surface area contributed by atoms with E-state index in [4.69, 9.17) is 19.3 Å². The summed E-state index contributed by atoms with van der Waals surface area (Å²) in [7, 11) is -4.74. The molecule has 0 aromatic carbocycles. The van der Waals surface area contributed by atoms with Gasteiger partial charge >= 0.3 is 13.8 Å². The van der Waals surface area contributed by atoms with Crippen molar-refractivity contribution in [1.82, 2.24) is 0 Å². The van der Waals surface area contributed by atoms with Crippen LogP contribution in [0.5, 0.6) is 0 Å². The van der Waals surface area contributed by atoms with E-state index in [0.29, 0.717) is 0 Å². The molecule has 0 aliphatic carbocycles.